The molecule has 1 unspecified atom stereocenters. The fraction of sp³-hybridized carbons (Fsp3) is 0.462. The van der Waals surface area contributed by atoms with E-state index in [1.54, 1.807) is 0 Å². The largest absolute Gasteiger partial charge is 0.494 e. The van der Waals surface area contributed by atoms with Crippen molar-refractivity contribution in [3.63, 3.8) is 0 Å². The second-order valence-electron chi connectivity index (χ2n) is 3.37. The van der Waals surface area contributed by atoms with Crippen molar-refractivity contribution in [2.24, 2.45) is 0 Å². The Balaban J connectivity index is 3.06. The van der Waals surface area contributed by atoms with Crippen molar-refractivity contribution in [1.29, 1.82) is 0 Å². The lowest BCUT2D eigenvalue weighted by Gasteiger charge is -2.11. The number of nitrogens with zero attached hydrogens (tertiary/aromatic N) is 1. The summed E-state index contributed by atoms with van der Waals surface area (Å²) in [5.41, 5.74) is 0.891. The van der Waals surface area contributed by atoms with Gasteiger partial charge in [-0.2, -0.15) is 0 Å². The molecule has 3 nitrogen and oxygen atoms in total. The van der Waals surface area contributed by atoms with E-state index in [1.165, 1.54) is 0 Å². The Labute approximate surface area is 96.8 Å². The van der Waals surface area contributed by atoms with Crippen molar-refractivity contribution < 1.29 is 9.47 Å². The van der Waals surface area contributed by atoms with E-state index in [2.05, 4.69) is 4.85 Å². The molecule has 86 valence electrons. The molecule has 0 N–H and O–H groups in total. The Morgan fingerprint density at radius 1 is 1.25 bits per heavy atom. The van der Waals surface area contributed by atoms with Crippen molar-refractivity contribution in [2.75, 3.05) is 13.2 Å². The average Bonchev–Trinajstić information content (AvgIpc) is 2.31. The number of ether oxygens (including phenoxy) is 2. The van der Waals surface area contributed by atoms with Crippen LogP contribution in [0.15, 0.2) is 18.2 Å². The van der Waals surface area contributed by atoms with Gasteiger partial charge in [0.2, 0.25) is 6.04 Å². The summed E-state index contributed by atoms with van der Waals surface area (Å²) < 4.78 is 10.9. The molecule has 1 aromatic carbocycles. The van der Waals surface area contributed by atoms with Gasteiger partial charge >= 0.3 is 0 Å². The summed E-state index contributed by atoms with van der Waals surface area (Å²) in [6.07, 6.45) is 0. The van der Waals surface area contributed by atoms with E-state index >= 15 is 0 Å². The molecule has 0 aliphatic carbocycles. The summed E-state index contributed by atoms with van der Waals surface area (Å²) >= 11 is 0. The molecule has 0 saturated carbocycles. The Kier molecular flexibility index (Phi) is 4.65. The number of hydrogen-bond acceptors (Lipinski definition) is 2. The van der Waals surface area contributed by atoms with Gasteiger partial charge in [0.15, 0.2) is 0 Å². The first-order valence-electron chi connectivity index (χ1n) is 5.49. The van der Waals surface area contributed by atoms with Gasteiger partial charge in [-0.25, -0.2) is 6.57 Å². The van der Waals surface area contributed by atoms with E-state index in [0.717, 1.165) is 17.1 Å². The van der Waals surface area contributed by atoms with Crippen LogP contribution in [-0.2, 0) is 0 Å². The quantitative estimate of drug-likeness (QED) is 0.708. The SMILES string of the molecule is [C-]#[N+]C(C)c1cc(OCC)ccc1OCC. The fourth-order valence-corrected chi connectivity index (χ4v) is 1.47. The molecule has 0 bridgehead atoms. The second-order valence-corrected chi connectivity index (χ2v) is 3.37. The fourth-order valence-electron chi connectivity index (χ4n) is 1.47. The van der Waals surface area contributed by atoms with Crippen molar-refractivity contribution >= 4 is 0 Å². The van der Waals surface area contributed by atoms with Crippen LogP contribution in [0.4, 0.5) is 0 Å². The zero-order chi connectivity index (χ0) is 12.0. The summed E-state index contributed by atoms with van der Waals surface area (Å²) in [5, 5.41) is 0. The summed E-state index contributed by atoms with van der Waals surface area (Å²) in [4.78, 5) is 3.52. The highest BCUT2D eigenvalue weighted by Crippen LogP contribution is 2.31. The van der Waals surface area contributed by atoms with Crippen LogP contribution < -0.4 is 9.47 Å². The smallest absolute Gasteiger partial charge is 0.249 e. The van der Waals surface area contributed by atoms with Crippen molar-refractivity contribution in [3.05, 3.63) is 35.2 Å². The topological polar surface area (TPSA) is 22.8 Å². The number of benzene rings is 1. The third-order valence-corrected chi connectivity index (χ3v) is 2.24. The maximum atomic E-state index is 7.08. The zero-order valence-corrected chi connectivity index (χ0v) is 9.99. The molecule has 0 amide bonds. The highest BCUT2D eigenvalue weighted by Gasteiger charge is 2.16. The van der Waals surface area contributed by atoms with E-state index in [-0.39, 0.29) is 6.04 Å². The first-order valence-corrected chi connectivity index (χ1v) is 5.49. The van der Waals surface area contributed by atoms with Gasteiger partial charge < -0.3 is 14.3 Å². The summed E-state index contributed by atoms with van der Waals surface area (Å²) in [6.45, 7) is 14.0. The molecular weight excluding hydrogens is 202 g/mol. The lowest BCUT2D eigenvalue weighted by atomic mass is 10.1. The van der Waals surface area contributed by atoms with Gasteiger partial charge in [-0.05, 0) is 32.0 Å². The number of hydrogen-bond donors (Lipinski definition) is 0. The molecule has 0 spiro atoms. The van der Waals surface area contributed by atoms with Crippen LogP contribution in [0.2, 0.25) is 0 Å². The van der Waals surface area contributed by atoms with Crippen LogP contribution in [-0.4, -0.2) is 13.2 Å². The van der Waals surface area contributed by atoms with E-state index in [1.807, 2.05) is 39.0 Å². The van der Waals surface area contributed by atoms with Gasteiger partial charge in [0.05, 0.1) is 18.8 Å². The second kappa shape index (κ2) is 6.02. The molecule has 0 saturated heterocycles. The van der Waals surface area contributed by atoms with Crippen LogP contribution in [0.1, 0.15) is 32.4 Å². The van der Waals surface area contributed by atoms with Crippen LogP contribution >= 0.6 is 0 Å². The van der Waals surface area contributed by atoms with Gasteiger partial charge in [-0.3, -0.25) is 0 Å². The van der Waals surface area contributed by atoms with Gasteiger partial charge in [-0.15, -0.1) is 0 Å². The molecule has 3 heteroatoms. The third-order valence-electron chi connectivity index (χ3n) is 2.24. The first kappa shape index (κ1) is 12.4. The minimum Gasteiger partial charge on any atom is -0.494 e. The maximum Gasteiger partial charge on any atom is 0.249 e. The molecule has 0 aliphatic heterocycles. The Bertz CT molecular complexity index is 382. The maximum absolute atomic E-state index is 7.08. The van der Waals surface area contributed by atoms with E-state index in [4.69, 9.17) is 16.0 Å². The highest BCUT2D eigenvalue weighted by molar-refractivity contribution is 5.43. The molecule has 0 aromatic heterocycles. The molecule has 1 rings (SSSR count). The Morgan fingerprint density at radius 3 is 2.50 bits per heavy atom. The lowest BCUT2D eigenvalue weighted by molar-refractivity contribution is 0.327. The molecular formula is C13H17NO2. The van der Waals surface area contributed by atoms with Gasteiger partial charge in [0.1, 0.15) is 11.5 Å². The third kappa shape index (κ3) is 2.90. The van der Waals surface area contributed by atoms with Gasteiger partial charge in [0, 0.05) is 6.92 Å². The van der Waals surface area contributed by atoms with Crippen LogP contribution in [0.3, 0.4) is 0 Å². The van der Waals surface area contributed by atoms with E-state index in [0.29, 0.717) is 13.2 Å². The summed E-state index contributed by atoms with van der Waals surface area (Å²) in [5.74, 6) is 1.56. The van der Waals surface area contributed by atoms with Crippen LogP contribution in [0.5, 0.6) is 11.5 Å². The molecule has 1 atom stereocenters. The van der Waals surface area contributed by atoms with E-state index in [9.17, 15) is 0 Å². The normalized spacial score (nSPS) is 11.6. The van der Waals surface area contributed by atoms with Gasteiger partial charge in [0.25, 0.3) is 0 Å². The standard InChI is InChI=1S/C13H17NO2/c1-5-15-11-7-8-13(16-6-2)12(9-11)10(3)14-4/h7-10H,5-6H2,1-3H3. The Morgan fingerprint density at radius 2 is 1.94 bits per heavy atom. The molecule has 0 heterocycles. The molecule has 16 heavy (non-hydrogen) atoms. The lowest BCUT2D eigenvalue weighted by Crippen LogP contribution is -2.00. The number of rotatable bonds is 5. The minimum atomic E-state index is -0.207. The van der Waals surface area contributed by atoms with Crippen LogP contribution in [0.25, 0.3) is 4.85 Å². The van der Waals surface area contributed by atoms with Crippen molar-refractivity contribution in [2.45, 2.75) is 26.8 Å². The van der Waals surface area contributed by atoms with Crippen molar-refractivity contribution in [3.8, 4) is 11.5 Å². The molecule has 0 aliphatic rings. The first-order chi connectivity index (χ1) is 7.72. The van der Waals surface area contributed by atoms with E-state index < -0.39 is 0 Å². The molecule has 1 aromatic rings. The minimum absolute atomic E-state index is 0.207. The monoisotopic (exact) mass is 219 g/mol. The van der Waals surface area contributed by atoms with Crippen LogP contribution in [0, 0.1) is 6.57 Å². The van der Waals surface area contributed by atoms with Crippen molar-refractivity contribution in [1.82, 2.24) is 0 Å². The van der Waals surface area contributed by atoms with Gasteiger partial charge in [-0.1, -0.05) is 0 Å². The zero-order valence-electron chi connectivity index (χ0n) is 9.99. The molecule has 0 radical (unpaired) electrons. The predicted octanol–water partition coefficient (Wildman–Crippen LogP) is 3.46. The average molecular weight is 219 g/mol. The summed E-state index contributed by atoms with van der Waals surface area (Å²) in [6, 6.07) is 5.42. The Hall–Kier alpha value is -1.69. The predicted molar refractivity (Wildman–Crippen MR) is 63.8 cm³/mol. The molecule has 0 fully saturated rings. The summed E-state index contributed by atoms with van der Waals surface area (Å²) in [7, 11) is 0. The highest BCUT2D eigenvalue weighted by atomic mass is 16.5.